The predicted octanol–water partition coefficient (Wildman–Crippen LogP) is 1.83. The number of nitrogens with one attached hydrogen (secondary N) is 1. The normalized spacial score (nSPS) is 26.7. The molecule has 0 spiro atoms. The maximum atomic E-state index is 12.5. The smallest absolute Gasteiger partial charge is 0.242 e. The van der Waals surface area contributed by atoms with E-state index in [9.17, 15) is 8.42 Å². The molecule has 116 valence electrons. The minimum Gasteiger partial charge on any atom is -0.398 e. The van der Waals surface area contributed by atoms with Gasteiger partial charge in [-0.05, 0) is 57.0 Å². The summed E-state index contributed by atoms with van der Waals surface area (Å²) in [5.41, 5.74) is 6.01. The van der Waals surface area contributed by atoms with Gasteiger partial charge in [0.25, 0.3) is 0 Å². The molecule has 2 aliphatic heterocycles. The average molecular weight is 330 g/mol. The van der Waals surface area contributed by atoms with Crippen LogP contribution in [0.15, 0.2) is 23.1 Å². The zero-order valence-electron chi connectivity index (χ0n) is 11.8. The number of hydrogen-bond acceptors (Lipinski definition) is 4. The van der Waals surface area contributed by atoms with Gasteiger partial charge in [0.15, 0.2) is 0 Å². The lowest BCUT2D eigenvalue weighted by Crippen LogP contribution is -2.47. The Hall–Kier alpha value is -0.820. The molecule has 7 heteroatoms. The predicted molar refractivity (Wildman–Crippen MR) is 83.8 cm³/mol. The SMILES string of the molecule is Nc1ccc(Cl)cc1S(=O)(=O)NC1CCN2CCCC2C1. The van der Waals surface area contributed by atoms with E-state index in [1.54, 1.807) is 6.07 Å². The Morgan fingerprint density at radius 1 is 1.29 bits per heavy atom. The van der Waals surface area contributed by atoms with Crippen LogP contribution in [0, 0.1) is 0 Å². The van der Waals surface area contributed by atoms with Gasteiger partial charge in [-0.1, -0.05) is 11.6 Å². The Bertz CT molecular complexity index is 635. The van der Waals surface area contributed by atoms with Crippen LogP contribution in [0.5, 0.6) is 0 Å². The summed E-state index contributed by atoms with van der Waals surface area (Å²) >= 11 is 5.88. The second-order valence-corrected chi connectivity index (χ2v) is 7.98. The van der Waals surface area contributed by atoms with Gasteiger partial charge < -0.3 is 10.6 Å². The van der Waals surface area contributed by atoms with Crippen LogP contribution < -0.4 is 10.5 Å². The maximum absolute atomic E-state index is 12.5. The van der Waals surface area contributed by atoms with E-state index in [0.717, 1.165) is 32.4 Å². The van der Waals surface area contributed by atoms with Gasteiger partial charge in [0, 0.05) is 17.1 Å². The molecule has 2 atom stereocenters. The van der Waals surface area contributed by atoms with Crippen LogP contribution in [0.4, 0.5) is 5.69 Å². The highest BCUT2D eigenvalue weighted by atomic mass is 35.5. The third-order valence-corrected chi connectivity index (χ3v) is 6.22. The molecule has 3 rings (SSSR count). The third-order valence-electron chi connectivity index (χ3n) is 4.41. The standard InChI is InChI=1S/C14H20ClN3O2S/c15-10-3-4-13(16)14(8-10)21(19,20)17-11-5-7-18-6-1-2-12(18)9-11/h3-4,8,11-12,17H,1-2,5-7,9,16H2. The van der Waals surface area contributed by atoms with Crippen LogP contribution in [0.3, 0.4) is 0 Å². The molecule has 1 aromatic rings. The largest absolute Gasteiger partial charge is 0.398 e. The molecular formula is C14H20ClN3O2S. The summed E-state index contributed by atoms with van der Waals surface area (Å²) in [6.45, 7) is 2.11. The van der Waals surface area contributed by atoms with Crippen molar-refractivity contribution in [2.45, 2.75) is 42.7 Å². The number of benzene rings is 1. The summed E-state index contributed by atoms with van der Waals surface area (Å²) < 4.78 is 27.8. The second-order valence-electron chi connectivity index (χ2n) is 5.86. The van der Waals surface area contributed by atoms with Crippen molar-refractivity contribution in [2.75, 3.05) is 18.8 Å². The highest BCUT2D eigenvalue weighted by Crippen LogP contribution is 2.29. The van der Waals surface area contributed by atoms with Crippen LogP contribution in [-0.2, 0) is 10.0 Å². The van der Waals surface area contributed by atoms with Gasteiger partial charge in [-0.3, -0.25) is 0 Å². The van der Waals surface area contributed by atoms with E-state index in [0.29, 0.717) is 11.1 Å². The van der Waals surface area contributed by atoms with Crippen molar-refractivity contribution < 1.29 is 8.42 Å². The van der Waals surface area contributed by atoms with Crippen LogP contribution in [0.2, 0.25) is 5.02 Å². The number of halogens is 1. The van der Waals surface area contributed by atoms with Gasteiger partial charge in [0.1, 0.15) is 4.90 Å². The molecular weight excluding hydrogens is 310 g/mol. The molecule has 0 aliphatic carbocycles. The molecule has 21 heavy (non-hydrogen) atoms. The fourth-order valence-electron chi connectivity index (χ4n) is 3.36. The quantitative estimate of drug-likeness (QED) is 0.830. The summed E-state index contributed by atoms with van der Waals surface area (Å²) in [6, 6.07) is 5.02. The van der Waals surface area contributed by atoms with E-state index in [1.807, 2.05) is 0 Å². The molecule has 2 unspecified atom stereocenters. The van der Waals surface area contributed by atoms with Crippen molar-refractivity contribution in [3.8, 4) is 0 Å². The first-order valence-electron chi connectivity index (χ1n) is 7.27. The fraction of sp³-hybridized carbons (Fsp3) is 0.571. The molecule has 1 aromatic carbocycles. The number of hydrogen-bond donors (Lipinski definition) is 2. The highest BCUT2D eigenvalue weighted by molar-refractivity contribution is 7.89. The molecule has 0 bridgehead atoms. The Labute approximate surface area is 130 Å². The summed E-state index contributed by atoms with van der Waals surface area (Å²) in [4.78, 5) is 2.53. The monoisotopic (exact) mass is 329 g/mol. The number of nitrogen functional groups attached to an aromatic ring is 1. The summed E-state index contributed by atoms with van der Waals surface area (Å²) in [6.07, 6.45) is 4.10. The van der Waals surface area contributed by atoms with E-state index in [-0.39, 0.29) is 16.6 Å². The first-order chi connectivity index (χ1) is 9.95. The number of anilines is 1. The van der Waals surface area contributed by atoms with Crippen LogP contribution in [0.1, 0.15) is 25.7 Å². The summed E-state index contributed by atoms with van der Waals surface area (Å²) in [5.74, 6) is 0. The summed E-state index contributed by atoms with van der Waals surface area (Å²) in [7, 11) is -3.62. The molecule has 2 fully saturated rings. The topological polar surface area (TPSA) is 75.4 Å². The van der Waals surface area contributed by atoms with Crippen molar-refractivity contribution >= 4 is 27.3 Å². The van der Waals surface area contributed by atoms with Gasteiger partial charge in [-0.15, -0.1) is 0 Å². The Morgan fingerprint density at radius 3 is 2.90 bits per heavy atom. The fourth-order valence-corrected chi connectivity index (χ4v) is 5.03. The minimum absolute atomic E-state index is 0.0206. The van der Waals surface area contributed by atoms with Crippen molar-refractivity contribution in [2.24, 2.45) is 0 Å². The van der Waals surface area contributed by atoms with E-state index in [1.165, 1.54) is 18.6 Å². The molecule has 0 saturated carbocycles. The van der Waals surface area contributed by atoms with E-state index in [2.05, 4.69) is 9.62 Å². The molecule has 2 aliphatic rings. The maximum Gasteiger partial charge on any atom is 0.242 e. The van der Waals surface area contributed by atoms with Gasteiger partial charge in [-0.2, -0.15) is 0 Å². The lowest BCUT2D eigenvalue weighted by Gasteiger charge is -2.35. The Morgan fingerprint density at radius 2 is 2.10 bits per heavy atom. The molecule has 2 saturated heterocycles. The zero-order valence-corrected chi connectivity index (χ0v) is 13.3. The van der Waals surface area contributed by atoms with Crippen molar-refractivity contribution in [3.05, 3.63) is 23.2 Å². The van der Waals surface area contributed by atoms with E-state index >= 15 is 0 Å². The second kappa shape index (κ2) is 5.76. The molecule has 0 aromatic heterocycles. The number of fused-ring (bicyclic) bond motifs is 1. The van der Waals surface area contributed by atoms with Crippen molar-refractivity contribution in [1.29, 1.82) is 0 Å². The third kappa shape index (κ3) is 3.18. The average Bonchev–Trinajstić information content (AvgIpc) is 2.88. The van der Waals surface area contributed by atoms with Gasteiger partial charge in [-0.25, -0.2) is 13.1 Å². The van der Waals surface area contributed by atoms with Gasteiger partial charge in [0.2, 0.25) is 10.0 Å². The zero-order chi connectivity index (χ0) is 15.0. The number of sulfonamides is 1. The van der Waals surface area contributed by atoms with Gasteiger partial charge >= 0.3 is 0 Å². The van der Waals surface area contributed by atoms with E-state index in [4.69, 9.17) is 17.3 Å². The number of nitrogens with zero attached hydrogens (tertiary/aromatic N) is 1. The minimum atomic E-state index is -3.62. The number of piperidine rings is 1. The van der Waals surface area contributed by atoms with Crippen molar-refractivity contribution in [3.63, 3.8) is 0 Å². The van der Waals surface area contributed by atoms with Crippen LogP contribution in [0.25, 0.3) is 0 Å². The molecule has 2 heterocycles. The van der Waals surface area contributed by atoms with Crippen molar-refractivity contribution in [1.82, 2.24) is 9.62 Å². The lowest BCUT2D eigenvalue weighted by molar-refractivity contribution is 0.176. The first kappa shape index (κ1) is 15.1. The highest BCUT2D eigenvalue weighted by Gasteiger charge is 2.33. The van der Waals surface area contributed by atoms with Crippen LogP contribution >= 0.6 is 11.6 Å². The van der Waals surface area contributed by atoms with Crippen LogP contribution in [-0.4, -0.2) is 38.5 Å². The molecule has 0 amide bonds. The summed E-state index contributed by atoms with van der Waals surface area (Å²) in [5, 5.41) is 0.371. The molecule has 3 N–H and O–H groups in total. The lowest BCUT2D eigenvalue weighted by atomic mass is 9.99. The van der Waals surface area contributed by atoms with Gasteiger partial charge in [0.05, 0.1) is 5.69 Å². The molecule has 0 radical (unpaired) electrons. The number of rotatable bonds is 3. The van der Waals surface area contributed by atoms with E-state index < -0.39 is 10.0 Å². The Kier molecular flexibility index (Phi) is 4.14. The first-order valence-corrected chi connectivity index (χ1v) is 9.13. The number of nitrogens with two attached hydrogens (primary N) is 1. The molecule has 5 nitrogen and oxygen atoms in total. The Balaban J connectivity index is 1.75.